The van der Waals surface area contributed by atoms with Crippen LogP contribution >= 0.6 is 11.3 Å². The molecule has 1 saturated heterocycles. The molecule has 0 atom stereocenters. The second kappa shape index (κ2) is 7.65. The first kappa shape index (κ1) is 17.3. The third kappa shape index (κ3) is 3.36. The van der Waals surface area contributed by atoms with Crippen molar-refractivity contribution >= 4 is 28.2 Å². The number of hydrogen-bond acceptors (Lipinski definition) is 7. The summed E-state index contributed by atoms with van der Waals surface area (Å²) < 4.78 is 1.88. The van der Waals surface area contributed by atoms with E-state index in [-0.39, 0.29) is 0 Å². The molecule has 0 aliphatic carbocycles. The summed E-state index contributed by atoms with van der Waals surface area (Å²) in [6.07, 6.45) is 4.63. The molecule has 4 heterocycles. The highest BCUT2D eigenvalue weighted by atomic mass is 32.1. The van der Waals surface area contributed by atoms with Crippen molar-refractivity contribution in [3.05, 3.63) is 59.4 Å². The van der Waals surface area contributed by atoms with Crippen LogP contribution in [0.1, 0.15) is 12.1 Å². The average Bonchev–Trinajstić information content (AvgIpc) is 3.34. The fourth-order valence-corrected chi connectivity index (χ4v) is 4.28. The Labute approximate surface area is 167 Å². The van der Waals surface area contributed by atoms with Crippen molar-refractivity contribution in [3.8, 4) is 5.69 Å². The molecular formula is C20H21N7S. The van der Waals surface area contributed by atoms with E-state index in [2.05, 4.69) is 35.2 Å². The van der Waals surface area contributed by atoms with E-state index in [1.807, 2.05) is 46.7 Å². The van der Waals surface area contributed by atoms with Gasteiger partial charge in [0.15, 0.2) is 5.65 Å². The number of nitrogens with zero attached hydrogens (tertiary/aromatic N) is 7. The third-order valence-electron chi connectivity index (χ3n) is 5.10. The summed E-state index contributed by atoms with van der Waals surface area (Å²) in [4.78, 5) is 18.4. The molecule has 0 radical (unpaired) electrons. The Balaban J connectivity index is 1.39. The molecule has 4 aromatic rings. The first-order valence-corrected chi connectivity index (χ1v) is 10.4. The van der Waals surface area contributed by atoms with Crippen LogP contribution in [0.3, 0.4) is 0 Å². The lowest BCUT2D eigenvalue weighted by atomic mass is 10.3. The van der Waals surface area contributed by atoms with Crippen LogP contribution in [0.4, 0.5) is 5.82 Å². The maximum absolute atomic E-state index is 4.61. The topological polar surface area (TPSA) is 63.0 Å². The summed E-state index contributed by atoms with van der Waals surface area (Å²) in [5.41, 5.74) is 4.92. The molecule has 8 heteroatoms. The van der Waals surface area contributed by atoms with E-state index in [0.29, 0.717) is 0 Å². The maximum Gasteiger partial charge on any atom is 0.168 e. The third-order valence-corrected chi connectivity index (χ3v) is 5.74. The number of fused-ring (bicyclic) bond motifs is 1. The normalized spacial score (nSPS) is 15.8. The minimum Gasteiger partial charge on any atom is -0.355 e. The van der Waals surface area contributed by atoms with Crippen LogP contribution in [0.2, 0.25) is 0 Å². The Morgan fingerprint density at radius 3 is 2.75 bits per heavy atom. The van der Waals surface area contributed by atoms with Gasteiger partial charge in [-0.1, -0.05) is 18.2 Å². The summed E-state index contributed by atoms with van der Waals surface area (Å²) in [6.45, 7) is 4.91. The minimum atomic E-state index is 0.847. The van der Waals surface area contributed by atoms with Crippen LogP contribution in [0.25, 0.3) is 16.7 Å². The molecule has 1 fully saturated rings. The molecule has 0 spiro atoms. The molecule has 0 saturated carbocycles. The van der Waals surface area contributed by atoms with Gasteiger partial charge in [0, 0.05) is 38.1 Å². The first-order valence-electron chi connectivity index (χ1n) is 9.47. The summed E-state index contributed by atoms with van der Waals surface area (Å²) in [5, 5.41) is 7.71. The van der Waals surface area contributed by atoms with E-state index in [1.165, 1.54) is 0 Å². The van der Waals surface area contributed by atoms with E-state index < -0.39 is 0 Å². The number of benzene rings is 1. The average molecular weight is 392 g/mol. The van der Waals surface area contributed by atoms with Crippen LogP contribution in [-0.4, -0.2) is 55.8 Å². The summed E-state index contributed by atoms with van der Waals surface area (Å²) in [7, 11) is 0. The van der Waals surface area contributed by atoms with Gasteiger partial charge < -0.3 is 4.90 Å². The predicted molar refractivity (Wildman–Crippen MR) is 111 cm³/mol. The lowest BCUT2D eigenvalue weighted by Crippen LogP contribution is -2.31. The zero-order valence-corrected chi connectivity index (χ0v) is 16.3. The van der Waals surface area contributed by atoms with Gasteiger partial charge in [-0.05, 0) is 18.6 Å². The van der Waals surface area contributed by atoms with Crippen molar-refractivity contribution in [2.45, 2.75) is 13.0 Å². The smallest absolute Gasteiger partial charge is 0.168 e. The van der Waals surface area contributed by atoms with Gasteiger partial charge in [0.05, 0.1) is 28.5 Å². The molecule has 7 nitrogen and oxygen atoms in total. The van der Waals surface area contributed by atoms with Crippen LogP contribution in [0.15, 0.2) is 53.7 Å². The molecule has 1 aromatic carbocycles. The van der Waals surface area contributed by atoms with E-state index in [9.17, 15) is 0 Å². The fourth-order valence-electron chi connectivity index (χ4n) is 3.73. The second-order valence-electron chi connectivity index (χ2n) is 6.92. The molecule has 0 amide bonds. The van der Waals surface area contributed by atoms with Gasteiger partial charge in [0.1, 0.15) is 12.1 Å². The van der Waals surface area contributed by atoms with Crippen molar-refractivity contribution in [3.63, 3.8) is 0 Å². The molecule has 0 N–H and O–H groups in total. The molecule has 28 heavy (non-hydrogen) atoms. The van der Waals surface area contributed by atoms with Crippen molar-refractivity contribution < 1.29 is 0 Å². The molecule has 142 valence electrons. The van der Waals surface area contributed by atoms with Crippen LogP contribution in [-0.2, 0) is 6.54 Å². The number of aromatic nitrogens is 5. The number of hydrogen-bond donors (Lipinski definition) is 0. The van der Waals surface area contributed by atoms with Crippen molar-refractivity contribution in [2.24, 2.45) is 0 Å². The van der Waals surface area contributed by atoms with Crippen molar-refractivity contribution in [1.29, 1.82) is 0 Å². The Hall–Kier alpha value is -2.84. The van der Waals surface area contributed by atoms with E-state index in [1.54, 1.807) is 17.7 Å². The Kier molecular flexibility index (Phi) is 4.72. The van der Waals surface area contributed by atoms with Crippen molar-refractivity contribution in [1.82, 2.24) is 29.6 Å². The van der Waals surface area contributed by atoms with E-state index in [0.717, 1.165) is 67.4 Å². The number of para-hydroxylation sites is 1. The fraction of sp³-hybridized carbons (Fsp3) is 0.300. The summed E-state index contributed by atoms with van der Waals surface area (Å²) >= 11 is 1.66. The Morgan fingerprint density at radius 1 is 0.964 bits per heavy atom. The zero-order chi connectivity index (χ0) is 18.8. The molecule has 0 unspecified atom stereocenters. The van der Waals surface area contributed by atoms with Gasteiger partial charge in [-0.15, -0.1) is 11.3 Å². The largest absolute Gasteiger partial charge is 0.355 e. The number of anilines is 1. The quantitative estimate of drug-likeness (QED) is 0.533. The summed E-state index contributed by atoms with van der Waals surface area (Å²) in [5.74, 6) is 0.975. The van der Waals surface area contributed by atoms with Gasteiger partial charge in [-0.25, -0.2) is 19.6 Å². The Bertz CT molecular complexity index is 1050. The molecule has 1 aliphatic rings. The SMILES string of the molecule is c1ccc(-n2ncc3c(N4CCCN(Cc5cscn5)CC4)ncnc32)cc1. The Morgan fingerprint density at radius 2 is 1.89 bits per heavy atom. The van der Waals surface area contributed by atoms with Gasteiger partial charge >= 0.3 is 0 Å². The van der Waals surface area contributed by atoms with Crippen LogP contribution in [0.5, 0.6) is 0 Å². The number of thiazole rings is 1. The van der Waals surface area contributed by atoms with Gasteiger partial charge in [0.2, 0.25) is 0 Å². The van der Waals surface area contributed by atoms with Crippen LogP contribution < -0.4 is 4.90 Å². The maximum atomic E-state index is 4.61. The monoisotopic (exact) mass is 391 g/mol. The zero-order valence-electron chi connectivity index (χ0n) is 15.5. The highest BCUT2D eigenvalue weighted by Crippen LogP contribution is 2.25. The lowest BCUT2D eigenvalue weighted by Gasteiger charge is -2.22. The molecular weight excluding hydrogens is 370 g/mol. The van der Waals surface area contributed by atoms with Gasteiger partial charge in [-0.2, -0.15) is 5.10 Å². The second-order valence-corrected chi connectivity index (χ2v) is 7.64. The highest BCUT2D eigenvalue weighted by Gasteiger charge is 2.20. The minimum absolute atomic E-state index is 0.847. The highest BCUT2D eigenvalue weighted by molar-refractivity contribution is 7.07. The van der Waals surface area contributed by atoms with E-state index >= 15 is 0 Å². The molecule has 1 aliphatic heterocycles. The lowest BCUT2D eigenvalue weighted by molar-refractivity contribution is 0.282. The van der Waals surface area contributed by atoms with E-state index in [4.69, 9.17) is 0 Å². The van der Waals surface area contributed by atoms with Crippen molar-refractivity contribution in [2.75, 3.05) is 31.1 Å². The van der Waals surface area contributed by atoms with Gasteiger partial charge in [-0.3, -0.25) is 4.90 Å². The molecule has 3 aromatic heterocycles. The molecule has 0 bridgehead atoms. The van der Waals surface area contributed by atoms with Gasteiger partial charge in [0.25, 0.3) is 0 Å². The standard InChI is InChI=1S/C20H21N7S/c1-2-5-17(6-3-1)27-20-18(11-24-27)19(21-14-22-20)26-8-4-7-25(9-10-26)12-16-13-28-15-23-16/h1-3,5-6,11,13-15H,4,7-10,12H2. The number of rotatable bonds is 4. The first-order chi connectivity index (χ1) is 13.9. The molecule has 5 rings (SSSR count). The predicted octanol–water partition coefficient (Wildman–Crippen LogP) is 2.98. The summed E-state index contributed by atoms with van der Waals surface area (Å²) in [6, 6.07) is 10.1. The van der Waals surface area contributed by atoms with Crippen LogP contribution in [0, 0.1) is 0 Å².